The van der Waals surface area contributed by atoms with Gasteiger partial charge in [0.15, 0.2) is 0 Å². The summed E-state index contributed by atoms with van der Waals surface area (Å²) in [5.74, 6) is 0. The quantitative estimate of drug-likeness (QED) is 0.479. The topological polar surface area (TPSA) is 42.3 Å². The van der Waals surface area contributed by atoms with Crippen LogP contribution in [0.4, 0.5) is 0 Å². The molecule has 1 rings (SSSR count). The Kier molecular flexibility index (Phi) is 2.31. The summed E-state index contributed by atoms with van der Waals surface area (Å²) in [4.78, 5) is 17.3. The highest BCUT2D eigenvalue weighted by atomic mass is 32.1. The molecular formula is C6H6N2OS. The van der Waals surface area contributed by atoms with Gasteiger partial charge in [-0.25, -0.2) is 9.78 Å². The highest BCUT2D eigenvalue weighted by Crippen LogP contribution is 2.17. The number of hydrogen-bond acceptors (Lipinski definition) is 4. The zero-order valence-electron chi connectivity index (χ0n) is 5.44. The predicted molar refractivity (Wildman–Crippen MR) is 38.7 cm³/mol. The van der Waals surface area contributed by atoms with E-state index in [1.807, 2.05) is 12.3 Å². The van der Waals surface area contributed by atoms with Crippen LogP contribution >= 0.6 is 11.3 Å². The van der Waals surface area contributed by atoms with E-state index in [0.717, 1.165) is 5.01 Å². The number of aliphatic imine (C=N–C) groups is 1. The van der Waals surface area contributed by atoms with E-state index < -0.39 is 0 Å². The molecule has 0 bridgehead atoms. The van der Waals surface area contributed by atoms with E-state index in [1.165, 1.54) is 17.4 Å². The van der Waals surface area contributed by atoms with Gasteiger partial charge in [-0.2, -0.15) is 4.99 Å². The van der Waals surface area contributed by atoms with Crippen molar-refractivity contribution in [3.05, 3.63) is 16.6 Å². The van der Waals surface area contributed by atoms with Gasteiger partial charge in [0, 0.05) is 11.6 Å². The third-order valence-corrected chi connectivity index (χ3v) is 2.00. The first-order valence-electron chi connectivity index (χ1n) is 2.81. The summed E-state index contributed by atoms with van der Waals surface area (Å²) < 4.78 is 0. The summed E-state index contributed by atoms with van der Waals surface area (Å²) >= 11 is 1.49. The molecule has 0 aliphatic heterocycles. The molecule has 1 aromatic rings. The lowest BCUT2D eigenvalue weighted by atomic mass is 10.4. The molecule has 0 spiro atoms. The van der Waals surface area contributed by atoms with E-state index in [-0.39, 0.29) is 6.04 Å². The molecule has 0 unspecified atom stereocenters. The van der Waals surface area contributed by atoms with E-state index in [9.17, 15) is 4.79 Å². The summed E-state index contributed by atoms with van der Waals surface area (Å²) in [6.07, 6.45) is 3.19. The van der Waals surface area contributed by atoms with E-state index >= 15 is 0 Å². The summed E-state index contributed by atoms with van der Waals surface area (Å²) in [6.45, 7) is 1.81. The number of isocyanates is 1. The Hall–Kier alpha value is -0.990. The first-order chi connectivity index (χ1) is 4.84. The second-order valence-corrected chi connectivity index (χ2v) is 2.69. The SMILES string of the molecule is C[C@H](N=C=O)c1nccs1. The molecule has 0 saturated heterocycles. The number of nitrogens with zero attached hydrogens (tertiary/aromatic N) is 2. The minimum Gasteiger partial charge on any atom is -0.247 e. The van der Waals surface area contributed by atoms with Crippen molar-refractivity contribution in [2.45, 2.75) is 13.0 Å². The van der Waals surface area contributed by atoms with Gasteiger partial charge in [-0.1, -0.05) is 0 Å². The molecule has 0 N–H and O–H groups in total. The van der Waals surface area contributed by atoms with Crippen molar-refractivity contribution in [1.29, 1.82) is 0 Å². The lowest BCUT2D eigenvalue weighted by Crippen LogP contribution is -1.85. The number of aromatic nitrogens is 1. The molecule has 1 atom stereocenters. The lowest BCUT2D eigenvalue weighted by Gasteiger charge is -1.94. The van der Waals surface area contributed by atoms with Crippen molar-refractivity contribution in [3.63, 3.8) is 0 Å². The van der Waals surface area contributed by atoms with Crippen LogP contribution < -0.4 is 0 Å². The lowest BCUT2D eigenvalue weighted by molar-refractivity contribution is 0.559. The molecule has 0 radical (unpaired) electrons. The summed E-state index contributed by atoms with van der Waals surface area (Å²) in [5.41, 5.74) is 0. The van der Waals surface area contributed by atoms with E-state index in [2.05, 4.69) is 9.98 Å². The zero-order valence-corrected chi connectivity index (χ0v) is 6.26. The van der Waals surface area contributed by atoms with Crippen LogP contribution in [0.5, 0.6) is 0 Å². The minimum atomic E-state index is -0.141. The molecule has 10 heavy (non-hydrogen) atoms. The maximum absolute atomic E-state index is 9.80. The average molecular weight is 154 g/mol. The van der Waals surface area contributed by atoms with Crippen LogP contribution in [0.1, 0.15) is 18.0 Å². The fraction of sp³-hybridized carbons (Fsp3) is 0.333. The van der Waals surface area contributed by atoms with Crippen LogP contribution in [0.2, 0.25) is 0 Å². The van der Waals surface area contributed by atoms with Gasteiger partial charge in [-0.15, -0.1) is 11.3 Å². The van der Waals surface area contributed by atoms with Crippen LogP contribution in [0.3, 0.4) is 0 Å². The Labute approximate surface area is 62.4 Å². The van der Waals surface area contributed by atoms with Crippen molar-refractivity contribution in [2.24, 2.45) is 4.99 Å². The van der Waals surface area contributed by atoms with E-state index in [1.54, 1.807) is 6.20 Å². The van der Waals surface area contributed by atoms with Gasteiger partial charge in [0.1, 0.15) is 11.0 Å². The van der Waals surface area contributed by atoms with Gasteiger partial charge >= 0.3 is 0 Å². The Bertz CT molecular complexity index is 238. The fourth-order valence-electron chi connectivity index (χ4n) is 0.575. The molecule has 3 nitrogen and oxygen atoms in total. The normalized spacial score (nSPS) is 12.1. The monoisotopic (exact) mass is 154 g/mol. The Morgan fingerprint density at radius 3 is 3.20 bits per heavy atom. The third kappa shape index (κ3) is 1.50. The molecule has 4 heteroatoms. The Morgan fingerprint density at radius 1 is 1.90 bits per heavy atom. The van der Waals surface area contributed by atoms with Crippen LogP contribution in [-0.2, 0) is 4.79 Å². The molecule has 0 saturated carbocycles. The Morgan fingerprint density at radius 2 is 2.70 bits per heavy atom. The number of hydrogen-bond donors (Lipinski definition) is 0. The number of carbonyl (C=O) groups excluding carboxylic acids is 1. The number of thiazole rings is 1. The average Bonchev–Trinajstić information content (AvgIpc) is 2.38. The minimum absolute atomic E-state index is 0.141. The number of rotatable bonds is 2. The predicted octanol–water partition coefficient (Wildman–Crippen LogP) is 1.54. The second-order valence-electron chi connectivity index (χ2n) is 1.77. The van der Waals surface area contributed by atoms with Crippen molar-refractivity contribution in [1.82, 2.24) is 4.98 Å². The van der Waals surface area contributed by atoms with Crippen LogP contribution in [0, 0.1) is 0 Å². The summed E-state index contributed by atoms with van der Waals surface area (Å²) in [7, 11) is 0. The second kappa shape index (κ2) is 3.25. The molecule has 52 valence electrons. The molecule has 0 aromatic carbocycles. The van der Waals surface area contributed by atoms with Gasteiger partial charge < -0.3 is 0 Å². The van der Waals surface area contributed by atoms with Gasteiger partial charge in [-0.05, 0) is 6.92 Å². The van der Waals surface area contributed by atoms with Crippen LogP contribution in [0.15, 0.2) is 16.6 Å². The molecule has 0 aliphatic carbocycles. The first kappa shape index (κ1) is 7.12. The van der Waals surface area contributed by atoms with E-state index in [0.29, 0.717) is 0 Å². The molecule has 0 fully saturated rings. The van der Waals surface area contributed by atoms with Gasteiger partial charge in [0.05, 0.1) is 0 Å². The molecule has 0 aliphatic rings. The zero-order chi connectivity index (χ0) is 7.40. The van der Waals surface area contributed by atoms with Crippen LogP contribution in [-0.4, -0.2) is 11.1 Å². The highest BCUT2D eigenvalue weighted by molar-refractivity contribution is 7.09. The van der Waals surface area contributed by atoms with Gasteiger partial charge in [-0.3, -0.25) is 0 Å². The molecular weight excluding hydrogens is 148 g/mol. The van der Waals surface area contributed by atoms with Crippen LogP contribution in [0.25, 0.3) is 0 Å². The smallest absolute Gasteiger partial charge is 0.235 e. The fourth-order valence-corrected chi connectivity index (χ4v) is 1.21. The highest BCUT2D eigenvalue weighted by Gasteiger charge is 2.03. The molecule has 0 amide bonds. The largest absolute Gasteiger partial charge is 0.247 e. The maximum atomic E-state index is 9.80. The van der Waals surface area contributed by atoms with Gasteiger partial charge in [0.2, 0.25) is 6.08 Å². The molecule has 1 heterocycles. The van der Waals surface area contributed by atoms with E-state index in [4.69, 9.17) is 0 Å². The van der Waals surface area contributed by atoms with Crippen molar-refractivity contribution >= 4 is 17.4 Å². The summed E-state index contributed by atoms with van der Waals surface area (Å²) in [6, 6.07) is -0.141. The Balaban J connectivity index is 2.76. The molecule has 1 aromatic heterocycles. The first-order valence-corrected chi connectivity index (χ1v) is 3.69. The van der Waals surface area contributed by atoms with Crippen molar-refractivity contribution in [3.8, 4) is 0 Å². The standard InChI is InChI=1S/C6H6N2OS/c1-5(8-4-9)6-7-2-3-10-6/h2-3,5H,1H3/t5-/m0/s1. The third-order valence-electron chi connectivity index (χ3n) is 1.06. The van der Waals surface area contributed by atoms with Gasteiger partial charge in [0.25, 0.3) is 0 Å². The van der Waals surface area contributed by atoms with Crippen molar-refractivity contribution < 1.29 is 4.79 Å². The van der Waals surface area contributed by atoms with Crippen molar-refractivity contribution in [2.75, 3.05) is 0 Å². The summed E-state index contributed by atoms with van der Waals surface area (Å²) in [5, 5.41) is 2.70. The maximum Gasteiger partial charge on any atom is 0.235 e.